The SMILES string of the molecule is CC(C)N1CC(Oc2ccc3c(c2)CCN3)C1. The van der Waals surface area contributed by atoms with Crippen LogP contribution < -0.4 is 10.1 Å². The van der Waals surface area contributed by atoms with Crippen LogP contribution in [0.2, 0.25) is 0 Å². The van der Waals surface area contributed by atoms with E-state index in [-0.39, 0.29) is 0 Å². The minimum Gasteiger partial charge on any atom is -0.488 e. The fourth-order valence-corrected chi connectivity index (χ4v) is 2.51. The van der Waals surface area contributed by atoms with Crippen molar-refractivity contribution in [2.75, 3.05) is 25.0 Å². The van der Waals surface area contributed by atoms with Gasteiger partial charge in [0.05, 0.1) is 0 Å². The molecule has 0 aromatic heterocycles. The van der Waals surface area contributed by atoms with Gasteiger partial charge in [-0.15, -0.1) is 0 Å². The zero-order chi connectivity index (χ0) is 11.8. The molecule has 1 fully saturated rings. The van der Waals surface area contributed by atoms with Crippen molar-refractivity contribution in [3.8, 4) is 5.75 Å². The smallest absolute Gasteiger partial charge is 0.124 e. The molecule has 0 saturated carbocycles. The molecular weight excluding hydrogens is 212 g/mol. The summed E-state index contributed by atoms with van der Waals surface area (Å²) in [7, 11) is 0. The summed E-state index contributed by atoms with van der Waals surface area (Å²) in [6, 6.07) is 7.04. The molecule has 2 heterocycles. The minimum absolute atomic E-state index is 0.379. The van der Waals surface area contributed by atoms with Crippen molar-refractivity contribution >= 4 is 5.69 Å². The third kappa shape index (κ3) is 2.12. The van der Waals surface area contributed by atoms with Crippen molar-refractivity contribution in [3.63, 3.8) is 0 Å². The highest BCUT2D eigenvalue weighted by Gasteiger charge is 2.30. The Bertz CT molecular complexity index is 411. The van der Waals surface area contributed by atoms with Crippen LogP contribution >= 0.6 is 0 Å². The average Bonchev–Trinajstić information content (AvgIpc) is 2.69. The van der Waals surface area contributed by atoms with Crippen LogP contribution in [0, 0.1) is 0 Å². The first kappa shape index (κ1) is 10.9. The molecule has 0 bridgehead atoms. The molecule has 2 aliphatic heterocycles. The van der Waals surface area contributed by atoms with Crippen LogP contribution in [0.4, 0.5) is 5.69 Å². The zero-order valence-electron chi connectivity index (χ0n) is 10.6. The third-order valence-electron chi connectivity index (χ3n) is 3.70. The van der Waals surface area contributed by atoms with Crippen molar-refractivity contribution in [1.82, 2.24) is 4.90 Å². The van der Waals surface area contributed by atoms with E-state index in [4.69, 9.17) is 4.74 Å². The second-order valence-electron chi connectivity index (χ2n) is 5.28. The van der Waals surface area contributed by atoms with E-state index in [2.05, 4.69) is 42.3 Å². The second kappa shape index (κ2) is 4.22. The molecule has 1 aromatic rings. The van der Waals surface area contributed by atoms with E-state index in [1.807, 2.05) is 0 Å². The van der Waals surface area contributed by atoms with Crippen molar-refractivity contribution in [3.05, 3.63) is 23.8 Å². The van der Waals surface area contributed by atoms with E-state index < -0.39 is 0 Å². The first-order valence-corrected chi connectivity index (χ1v) is 6.50. The van der Waals surface area contributed by atoms with Gasteiger partial charge < -0.3 is 10.1 Å². The lowest BCUT2D eigenvalue weighted by atomic mass is 10.1. The molecule has 0 unspecified atom stereocenters. The predicted molar refractivity (Wildman–Crippen MR) is 69.8 cm³/mol. The third-order valence-corrected chi connectivity index (χ3v) is 3.70. The molecule has 0 atom stereocenters. The van der Waals surface area contributed by atoms with Gasteiger partial charge in [0.1, 0.15) is 11.9 Å². The molecule has 1 saturated heterocycles. The Kier molecular flexibility index (Phi) is 2.71. The van der Waals surface area contributed by atoms with Crippen molar-refractivity contribution in [2.45, 2.75) is 32.4 Å². The molecule has 17 heavy (non-hydrogen) atoms. The fraction of sp³-hybridized carbons (Fsp3) is 0.571. The van der Waals surface area contributed by atoms with E-state index in [1.54, 1.807) is 0 Å². The fourth-order valence-electron chi connectivity index (χ4n) is 2.51. The van der Waals surface area contributed by atoms with E-state index in [0.29, 0.717) is 12.1 Å². The Hall–Kier alpha value is -1.22. The van der Waals surface area contributed by atoms with E-state index in [1.165, 1.54) is 11.3 Å². The highest BCUT2D eigenvalue weighted by atomic mass is 16.5. The number of rotatable bonds is 3. The number of fused-ring (bicyclic) bond motifs is 1. The van der Waals surface area contributed by atoms with Crippen molar-refractivity contribution in [2.24, 2.45) is 0 Å². The van der Waals surface area contributed by atoms with Crippen LogP contribution in [0.15, 0.2) is 18.2 Å². The van der Waals surface area contributed by atoms with Gasteiger partial charge in [-0.2, -0.15) is 0 Å². The number of anilines is 1. The van der Waals surface area contributed by atoms with Gasteiger partial charge in [0, 0.05) is 31.4 Å². The van der Waals surface area contributed by atoms with Crippen LogP contribution in [0.3, 0.4) is 0 Å². The summed E-state index contributed by atoms with van der Waals surface area (Å²) >= 11 is 0. The second-order valence-corrected chi connectivity index (χ2v) is 5.28. The van der Waals surface area contributed by atoms with Gasteiger partial charge in [0.25, 0.3) is 0 Å². The molecule has 2 aliphatic rings. The monoisotopic (exact) mass is 232 g/mol. The quantitative estimate of drug-likeness (QED) is 0.864. The largest absolute Gasteiger partial charge is 0.488 e. The lowest BCUT2D eigenvalue weighted by Crippen LogP contribution is -2.56. The standard InChI is InChI=1S/C14H20N2O/c1-10(2)16-8-13(9-16)17-12-3-4-14-11(7-12)5-6-15-14/h3-4,7,10,13,15H,5-6,8-9H2,1-2H3. The molecule has 0 spiro atoms. The molecule has 0 radical (unpaired) electrons. The van der Waals surface area contributed by atoms with Gasteiger partial charge in [0.2, 0.25) is 0 Å². The van der Waals surface area contributed by atoms with Crippen LogP contribution in [0.25, 0.3) is 0 Å². The molecule has 0 aliphatic carbocycles. The lowest BCUT2D eigenvalue weighted by Gasteiger charge is -2.41. The maximum absolute atomic E-state index is 5.99. The van der Waals surface area contributed by atoms with Crippen LogP contribution in [0.1, 0.15) is 19.4 Å². The lowest BCUT2D eigenvalue weighted by molar-refractivity contribution is 0.000134. The maximum Gasteiger partial charge on any atom is 0.124 e. The van der Waals surface area contributed by atoms with Crippen molar-refractivity contribution < 1.29 is 4.74 Å². The Morgan fingerprint density at radius 3 is 2.94 bits per heavy atom. The van der Waals surface area contributed by atoms with Gasteiger partial charge in [-0.1, -0.05) is 0 Å². The molecular formula is C14H20N2O. The van der Waals surface area contributed by atoms with Crippen LogP contribution in [-0.4, -0.2) is 36.7 Å². The van der Waals surface area contributed by atoms with Gasteiger partial charge >= 0.3 is 0 Å². The average molecular weight is 232 g/mol. The summed E-state index contributed by atoms with van der Waals surface area (Å²) in [5.41, 5.74) is 2.66. The summed E-state index contributed by atoms with van der Waals surface area (Å²) in [5.74, 6) is 1.03. The summed E-state index contributed by atoms with van der Waals surface area (Å²) in [6.07, 6.45) is 1.50. The van der Waals surface area contributed by atoms with Gasteiger partial charge in [-0.3, -0.25) is 4.90 Å². The zero-order valence-corrected chi connectivity index (χ0v) is 10.6. The number of nitrogens with one attached hydrogen (secondary N) is 1. The summed E-state index contributed by atoms with van der Waals surface area (Å²) < 4.78 is 5.99. The summed E-state index contributed by atoms with van der Waals surface area (Å²) in [5, 5.41) is 3.37. The number of likely N-dealkylation sites (tertiary alicyclic amines) is 1. The van der Waals surface area contributed by atoms with E-state index in [0.717, 1.165) is 31.8 Å². The molecule has 1 N–H and O–H groups in total. The topological polar surface area (TPSA) is 24.5 Å². The first-order valence-electron chi connectivity index (χ1n) is 6.50. The van der Waals surface area contributed by atoms with Crippen LogP contribution in [-0.2, 0) is 6.42 Å². The summed E-state index contributed by atoms with van der Waals surface area (Å²) in [4.78, 5) is 2.43. The minimum atomic E-state index is 0.379. The Morgan fingerprint density at radius 1 is 1.35 bits per heavy atom. The number of ether oxygens (including phenoxy) is 1. The van der Waals surface area contributed by atoms with Gasteiger partial charge in [-0.05, 0) is 44.0 Å². The molecule has 1 aromatic carbocycles. The molecule has 0 amide bonds. The summed E-state index contributed by atoms with van der Waals surface area (Å²) in [6.45, 7) is 7.65. The molecule has 3 heteroatoms. The van der Waals surface area contributed by atoms with Crippen LogP contribution in [0.5, 0.6) is 5.75 Å². The Balaban J connectivity index is 1.60. The highest BCUT2D eigenvalue weighted by molar-refractivity contribution is 5.57. The molecule has 3 nitrogen and oxygen atoms in total. The number of hydrogen-bond donors (Lipinski definition) is 1. The number of benzene rings is 1. The molecule has 3 rings (SSSR count). The van der Waals surface area contributed by atoms with Gasteiger partial charge in [-0.25, -0.2) is 0 Å². The number of hydrogen-bond acceptors (Lipinski definition) is 3. The van der Waals surface area contributed by atoms with E-state index >= 15 is 0 Å². The highest BCUT2D eigenvalue weighted by Crippen LogP contribution is 2.28. The Labute approximate surface area is 103 Å². The van der Waals surface area contributed by atoms with Crippen molar-refractivity contribution in [1.29, 1.82) is 0 Å². The van der Waals surface area contributed by atoms with Gasteiger partial charge in [0.15, 0.2) is 0 Å². The predicted octanol–water partition coefficient (Wildman–Crippen LogP) is 2.13. The maximum atomic E-state index is 5.99. The molecule has 92 valence electrons. The first-order chi connectivity index (χ1) is 8.22. The number of nitrogens with zero attached hydrogens (tertiary/aromatic N) is 1. The van der Waals surface area contributed by atoms with E-state index in [9.17, 15) is 0 Å². The normalized spacial score (nSPS) is 19.9. The Morgan fingerprint density at radius 2 is 2.18 bits per heavy atom.